The molecule has 0 aromatic heterocycles. The Morgan fingerprint density at radius 2 is 1.68 bits per heavy atom. The molecule has 4 heteroatoms. The molecular weight excluding hydrogens is 276 g/mol. The van der Waals surface area contributed by atoms with Crippen LogP contribution in [0.2, 0.25) is 0 Å². The van der Waals surface area contributed by atoms with Gasteiger partial charge in [0.15, 0.2) is 0 Å². The summed E-state index contributed by atoms with van der Waals surface area (Å²) in [5, 5.41) is 6.45. The number of nitrogens with one attached hydrogen (secondary N) is 2. The van der Waals surface area contributed by atoms with Gasteiger partial charge >= 0.3 is 0 Å². The Labute approximate surface area is 133 Å². The molecule has 1 aliphatic carbocycles. The second-order valence-corrected chi connectivity index (χ2v) is 6.15. The molecule has 22 heavy (non-hydrogen) atoms. The van der Waals surface area contributed by atoms with Crippen molar-refractivity contribution in [3.63, 3.8) is 0 Å². The second kappa shape index (κ2) is 8.79. The lowest BCUT2D eigenvalue weighted by molar-refractivity contribution is -0.118. The van der Waals surface area contributed by atoms with E-state index in [0.717, 1.165) is 11.4 Å². The first-order valence-corrected chi connectivity index (χ1v) is 8.40. The van der Waals surface area contributed by atoms with Gasteiger partial charge in [0.1, 0.15) is 5.75 Å². The van der Waals surface area contributed by atoms with Crippen LogP contribution in [0, 0.1) is 0 Å². The van der Waals surface area contributed by atoms with Crippen LogP contribution in [0.15, 0.2) is 24.3 Å². The van der Waals surface area contributed by atoms with Gasteiger partial charge in [-0.25, -0.2) is 0 Å². The van der Waals surface area contributed by atoms with Crippen molar-refractivity contribution in [2.24, 2.45) is 0 Å². The Kier molecular flexibility index (Phi) is 6.72. The number of rotatable bonds is 5. The predicted octanol–water partition coefficient (Wildman–Crippen LogP) is 3.72. The minimum atomic E-state index is -0.175. The standard InChI is InChI=1S/C18H28N2O2/c1-14(19-15-8-6-4-3-5-7-9-15)18(21)20-16-10-12-17(22-2)13-11-16/h10-15,19H,3-9H2,1-2H3,(H,20,21)/t14-/m1/s1. The SMILES string of the molecule is COc1ccc(NC(=O)[C@@H](C)NC2CCCCCCC2)cc1. The molecule has 1 aliphatic rings. The van der Waals surface area contributed by atoms with Gasteiger partial charge in [0.05, 0.1) is 13.2 Å². The molecule has 1 atom stereocenters. The Morgan fingerprint density at radius 1 is 1.09 bits per heavy atom. The van der Waals surface area contributed by atoms with E-state index >= 15 is 0 Å². The summed E-state index contributed by atoms with van der Waals surface area (Å²) in [6.45, 7) is 1.94. The maximum Gasteiger partial charge on any atom is 0.241 e. The number of methoxy groups -OCH3 is 1. The Bertz CT molecular complexity index is 451. The lowest BCUT2D eigenvalue weighted by Crippen LogP contribution is -2.44. The number of ether oxygens (including phenoxy) is 1. The molecular formula is C18H28N2O2. The molecule has 0 spiro atoms. The van der Waals surface area contributed by atoms with Crippen LogP contribution >= 0.6 is 0 Å². The highest BCUT2D eigenvalue weighted by molar-refractivity contribution is 5.94. The van der Waals surface area contributed by atoms with Gasteiger partial charge in [-0.2, -0.15) is 0 Å². The van der Waals surface area contributed by atoms with E-state index in [2.05, 4.69) is 10.6 Å². The fourth-order valence-electron chi connectivity index (χ4n) is 2.98. The van der Waals surface area contributed by atoms with E-state index in [1.165, 1.54) is 44.9 Å². The summed E-state index contributed by atoms with van der Waals surface area (Å²) in [5.41, 5.74) is 0.803. The summed E-state index contributed by atoms with van der Waals surface area (Å²) >= 11 is 0. The average Bonchev–Trinajstić information content (AvgIpc) is 2.50. The van der Waals surface area contributed by atoms with Crippen LogP contribution in [0.1, 0.15) is 51.9 Å². The third-order valence-corrected chi connectivity index (χ3v) is 4.34. The average molecular weight is 304 g/mol. The monoisotopic (exact) mass is 304 g/mol. The topological polar surface area (TPSA) is 50.4 Å². The molecule has 0 bridgehead atoms. The molecule has 2 rings (SSSR count). The van der Waals surface area contributed by atoms with Crippen LogP contribution < -0.4 is 15.4 Å². The van der Waals surface area contributed by atoms with Crippen LogP contribution in [0.5, 0.6) is 5.75 Å². The molecule has 0 radical (unpaired) electrons. The Morgan fingerprint density at radius 3 is 2.27 bits per heavy atom. The molecule has 1 fully saturated rings. The lowest BCUT2D eigenvalue weighted by Gasteiger charge is -2.24. The Balaban J connectivity index is 1.82. The largest absolute Gasteiger partial charge is 0.497 e. The maximum absolute atomic E-state index is 12.3. The molecule has 2 N–H and O–H groups in total. The Hall–Kier alpha value is -1.55. The molecule has 1 amide bonds. The first-order valence-electron chi connectivity index (χ1n) is 8.40. The molecule has 1 saturated carbocycles. The first kappa shape index (κ1) is 16.8. The number of hydrogen-bond acceptors (Lipinski definition) is 3. The van der Waals surface area contributed by atoms with E-state index in [1.54, 1.807) is 7.11 Å². The normalized spacial score (nSPS) is 18.1. The number of anilines is 1. The van der Waals surface area contributed by atoms with Crippen molar-refractivity contribution in [1.29, 1.82) is 0 Å². The van der Waals surface area contributed by atoms with Gasteiger partial charge in [-0.3, -0.25) is 4.79 Å². The van der Waals surface area contributed by atoms with E-state index in [4.69, 9.17) is 4.74 Å². The summed E-state index contributed by atoms with van der Waals surface area (Å²) in [5.74, 6) is 0.811. The number of carbonyl (C=O) groups excluding carboxylic acids is 1. The smallest absolute Gasteiger partial charge is 0.241 e. The van der Waals surface area contributed by atoms with E-state index in [1.807, 2.05) is 31.2 Å². The molecule has 0 heterocycles. The van der Waals surface area contributed by atoms with E-state index in [0.29, 0.717) is 6.04 Å². The number of carbonyl (C=O) groups is 1. The molecule has 0 saturated heterocycles. The number of hydrogen-bond donors (Lipinski definition) is 2. The molecule has 122 valence electrons. The predicted molar refractivity (Wildman–Crippen MR) is 90.3 cm³/mol. The van der Waals surface area contributed by atoms with Crippen molar-refractivity contribution in [1.82, 2.24) is 5.32 Å². The van der Waals surface area contributed by atoms with Crippen LogP contribution in [0.25, 0.3) is 0 Å². The molecule has 1 aromatic rings. The quantitative estimate of drug-likeness (QED) is 0.871. The van der Waals surface area contributed by atoms with Gasteiger partial charge in [0.2, 0.25) is 5.91 Å². The second-order valence-electron chi connectivity index (χ2n) is 6.15. The highest BCUT2D eigenvalue weighted by Gasteiger charge is 2.18. The van der Waals surface area contributed by atoms with E-state index in [9.17, 15) is 4.79 Å². The van der Waals surface area contributed by atoms with Crippen LogP contribution in [0.4, 0.5) is 5.69 Å². The minimum Gasteiger partial charge on any atom is -0.497 e. The third kappa shape index (κ3) is 5.34. The molecule has 1 aromatic carbocycles. The van der Waals surface area contributed by atoms with Gasteiger partial charge in [0, 0.05) is 11.7 Å². The van der Waals surface area contributed by atoms with Crippen LogP contribution in [0.3, 0.4) is 0 Å². The fraction of sp³-hybridized carbons (Fsp3) is 0.611. The lowest BCUT2D eigenvalue weighted by atomic mass is 9.96. The molecule has 0 aliphatic heterocycles. The summed E-state index contributed by atoms with van der Waals surface area (Å²) in [6, 6.07) is 7.72. The van der Waals surface area contributed by atoms with Gasteiger partial charge in [-0.1, -0.05) is 32.1 Å². The van der Waals surface area contributed by atoms with Crippen molar-refractivity contribution in [2.45, 2.75) is 64.0 Å². The van der Waals surface area contributed by atoms with Crippen molar-refractivity contribution in [3.8, 4) is 5.75 Å². The van der Waals surface area contributed by atoms with Gasteiger partial charge in [-0.05, 0) is 44.0 Å². The van der Waals surface area contributed by atoms with Crippen LogP contribution in [-0.4, -0.2) is 25.1 Å². The summed E-state index contributed by atoms with van der Waals surface area (Å²) in [6.07, 6.45) is 8.91. The third-order valence-electron chi connectivity index (χ3n) is 4.34. The highest BCUT2D eigenvalue weighted by Crippen LogP contribution is 2.18. The van der Waals surface area contributed by atoms with E-state index in [-0.39, 0.29) is 11.9 Å². The zero-order valence-corrected chi connectivity index (χ0v) is 13.7. The number of benzene rings is 1. The van der Waals surface area contributed by atoms with Gasteiger partial charge in [0.25, 0.3) is 0 Å². The maximum atomic E-state index is 12.3. The van der Waals surface area contributed by atoms with Gasteiger partial charge < -0.3 is 15.4 Å². The van der Waals surface area contributed by atoms with Gasteiger partial charge in [-0.15, -0.1) is 0 Å². The molecule has 4 nitrogen and oxygen atoms in total. The van der Waals surface area contributed by atoms with Crippen LogP contribution in [-0.2, 0) is 4.79 Å². The zero-order valence-electron chi connectivity index (χ0n) is 13.7. The van der Waals surface area contributed by atoms with Crippen molar-refractivity contribution in [3.05, 3.63) is 24.3 Å². The van der Waals surface area contributed by atoms with E-state index < -0.39 is 0 Å². The zero-order chi connectivity index (χ0) is 15.8. The van der Waals surface area contributed by atoms with Crippen molar-refractivity contribution < 1.29 is 9.53 Å². The molecule has 0 unspecified atom stereocenters. The van der Waals surface area contributed by atoms with Crippen molar-refractivity contribution >= 4 is 11.6 Å². The summed E-state index contributed by atoms with van der Waals surface area (Å²) in [4.78, 5) is 12.3. The highest BCUT2D eigenvalue weighted by atomic mass is 16.5. The van der Waals surface area contributed by atoms with Crippen molar-refractivity contribution in [2.75, 3.05) is 12.4 Å². The fourth-order valence-corrected chi connectivity index (χ4v) is 2.98. The first-order chi connectivity index (χ1) is 10.7. The summed E-state index contributed by atoms with van der Waals surface area (Å²) in [7, 11) is 1.63. The minimum absolute atomic E-state index is 0.0206. The summed E-state index contributed by atoms with van der Waals surface area (Å²) < 4.78 is 5.12. The number of amides is 1.